The zero-order valence-electron chi connectivity index (χ0n) is 7.30. The second kappa shape index (κ2) is 4.23. The molecule has 1 aromatic heterocycles. The first-order valence-corrected chi connectivity index (χ1v) is 4.41. The number of nitrogens with zero attached hydrogens (tertiary/aromatic N) is 1. The maximum Gasteiger partial charge on any atom is 0.412 e. The van der Waals surface area contributed by atoms with Crippen molar-refractivity contribution < 1.29 is 9.53 Å². The summed E-state index contributed by atoms with van der Waals surface area (Å²) in [5.41, 5.74) is 0.814. The predicted octanol–water partition coefficient (Wildman–Crippen LogP) is 2.33. The summed E-state index contributed by atoms with van der Waals surface area (Å²) >= 11 is 3.31. The molecule has 0 aliphatic carbocycles. The molecule has 0 spiro atoms. The molecule has 13 heavy (non-hydrogen) atoms. The SMILES string of the molecule is COC(=O)Nc1ccc(Br)c(C)n1. The molecule has 1 aromatic rings. The van der Waals surface area contributed by atoms with Crippen LogP contribution in [0.1, 0.15) is 5.69 Å². The van der Waals surface area contributed by atoms with Gasteiger partial charge in [0.05, 0.1) is 12.8 Å². The van der Waals surface area contributed by atoms with Gasteiger partial charge in [0, 0.05) is 4.47 Å². The minimum atomic E-state index is -0.519. The fraction of sp³-hybridized carbons (Fsp3) is 0.250. The Bertz CT molecular complexity index is 328. The van der Waals surface area contributed by atoms with Crippen LogP contribution < -0.4 is 5.32 Å². The molecule has 5 heteroatoms. The number of carbonyl (C=O) groups is 1. The Hall–Kier alpha value is -1.10. The molecule has 1 amide bonds. The third kappa shape index (κ3) is 2.69. The van der Waals surface area contributed by atoms with Crippen LogP contribution in [-0.4, -0.2) is 18.2 Å². The fourth-order valence-electron chi connectivity index (χ4n) is 0.769. The van der Waals surface area contributed by atoms with E-state index in [1.54, 1.807) is 6.07 Å². The average Bonchev–Trinajstić information content (AvgIpc) is 2.11. The molecule has 0 saturated carbocycles. The zero-order valence-corrected chi connectivity index (χ0v) is 8.88. The lowest BCUT2D eigenvalue weighted by atomic mass is 10.4. The van der Waals surface area contributed by atoms with Gasteiger partial charge in [-0.05, 0) is 35.0 Å². The number of ether oxygens (including phenoxy) is 1. The van der Waals surface area contributed by atoms with Gasteiger partial charge in [-0.1, -0.05) is 0 Å². The van der Waals surface area contributed by atoms with E-state index in [4.69, 9.17) is 0 Å². The fourth-order valence-corrected chi connectivity index (χ4v) is 0.990. The summed E-state index contributed by atoms with van der Waals surface area (Å²) in [5.74, 6) is 0.479. The van der Waals surface area contributed by atoms with Crippen molar-refractivity contribution in [1.29, 1.82) is 0 Å². The normalized spacial score (nSPS) is 9.46. The lowest BCUT2D eigenvalue weighted by Crippen LogP contribution is -2.12. The molecule has 1 N–H and O–H groups in total. The lowest BCUT2D eigenvalue weighted by molar-refractivity contribution is 0.187. The standard InChI is InChI=1S/C8H9BrN2O2/c1-5-6(9)3-4-7(10-5)11-8(12)13-2/h3-4H,1-2H3,(H,10,11,12). The van der Waals surface area contributed by atoms with Gasteiger partial charge < -0.3 is 4.74 Å². The number of rotatable bonds is 1. The second-order valence-electron chi connectivity index (χ2n) is 2.38. The molecule has 4 nitrogen and oxygen atoms in total. The number of pyridine rings is 1. The van der Waals surface area contributed by atoms with Crippen molar-refractivity contribution in [3.63, 3.8) is 0 Å². The molecule has 1 heterocycles. The van der Waals surface area contributed by atoms with Gasteiger partial charge >= 0.3 is 6.09 Å². The minimum Gasteiger partial charge on any atom is -0.453 e. The van der Waals surface area contributed by atoms with Gasteiger partial charge in [-0.15, -0.1) is 0 Å². The summed E-state index contributed by atoms with van der Waals surface area (Å²) in [4.78, 5) is 14.9. The van der Waals surface area contributed by atoms with Crippen LogP contribution in [0.15, 0.2) is 16.6 Å². The van der Waals surface area contributed by atoms with E-state index in [2.05, 4.69) is 31.0 Å². The Morgan fingerprint density at radius 3 is 2.85 bits per heavy atom. The van der Waals surface area contributed by atoms with Crippen LogP contribution in [0.4, 0.5) is 10.6 Å². The summed E-state index contributed by atoms with van der Waals surface area (Å²) in [6.45, 7) is 1.84. The van der Waals surface area contributed by atoms with Crippen LogP contribution in [0, 0.1) is 6.92 Å². The molecular formula is C8H9BrN2O2. The highest BCUT2D eigenvalue weighted by Gasteiger charge is 2.02. The Morgan fingerprint density at radius 1 is 1.62 bits per heavy atom. The van der Waals surface area contributed by atoms with Gasteiger partial charge in [0.2, 0.25) is 0 Å². The Balaban J connectivity index is 2.79. The van der Waals surface area contributed by atoms with Crippen molar-refractivity contribution in [3.05, 3.63) is 22.3 Å². The first-order valence-electron chi connectivity index (χ1n) is 3.61. The molecule has 1 rings (SSSR count). The maximum atomic E-state index is 10.8. The number of hydrogen-bond donors (Lipinski definition) is 1. The topological polar surface area (TPSA) is 51.2 Å². The number of aromatic nitrogens is 1. The highest BCUT2D eigenvalue weighted by atomic mass is 79.9. The smallest absolute Gasteiger partial charge is 0.412 e. The van der Waals surface area contributed by atoms with Crippen molar-refractivity contribution >= 4 is 27.8 Å². The maximum absolute atomic E-state index is 10.8. The molecule has 0 aliphatic rings. The van der Waals surface area contributed by atoms with Crippen LogP contribution >= 0.6 is 15.9 Å². The third-order valence-electron chi connectivity index (χ3n) is 1.44. The number of amides is 1. The minimum absolute atomic E-state index is 0.479. The molecule has 0 fully saturated rings. The summed E-state index contributed by atoms with van der Waals surface area (Å²) < 4.78 is 5.33. The molecule has 0 radical (unpaired) electrons. The number of hydrogen-bond acceptors (Lipinski definition) is 3. The monoisotopic (exact) mass is 244 g/mol. The zero-order chi connectivity index (χ0) is 9.84. The molecule has 70 valence electrons. The van der Waals surface area contributed by atoms with E-state index in [1.807, 2.05) is 13.0 Å². The van der Waals surface area contributed by atoms with E-state index in [0.29, 0.717) is 5.82 Å². The van der Waals surface area contributed by atoms with Crippen LogP contribution in [-0.2, 0) is 4.74 Å². The summed E-state index contributed by atoms with van der Waals surface area (Å²) in [5, 5.41) is 2.47. The molecule has 0 saturated heterocycles. The highest BCUT2D eigenvalue weighted by molar-refractivity contribution is 9.10. The van der Waals surface area contributed by atoms with E-state index < -0.39 is 6.09 Å². The quantitative estimate of drug-likeness (QED) is 0.825. The van der Waals surface area contributed by atoms with Crippen LogP contribution in [0.25, 0.3) is 0 Å². The van der Waals surface area contributed by atoms with E-state index in [9.17, 15) is 4.79 Å². The van der Waals surface area contributed by atoms with Crippen molar-refractivity contribution in [2.75, 3.05) is 12.4 Å². The van der Waals surface area contributed by atoms with Crippen LogP contribution in [0.2, 0.25) is 0 Å². The van der Waals surface area contributed by atoms with Crippen molar-refractivity contribution in [1.82, 2.24) is 4.98 Å². The van der Waals surface area contributed by atoms with Crippen molar-refractivity contribution in [2.24, 2.45) is 0 Å². The van der Waals surface area contributed by atoms with E-state index in [1.165, 1.54) is 7.11 Å². The number of halogens is 1. The molecular weight excluding hydrogens is 236 g/mol. The van der Waals surface area contributed by atoms with Crippen LogP contribution in [0.3, 0.4) is 0 Å². The molecule has 0 aliphatic heterocycles. The third-order valence-corrected chi connectivity index (χ3v) is 2.28. The molecule has 0 aromatic carbocycles. The number of methoxy groups -OCH3 is 1. The number of aryl methyl sites for hydroxylation is 1. The van der Waals surface area contributed by atoms with Gasteiger partial charge in [-0.3, -0.25) is 5.32 Å². The first kappa shape index (κ1) is 9.98. The first-order chi connectivity index (χ1) is 6.13. The van der Waals surface area contributed by atoms with Gasteiger partial charge in [0.1, 0.15) is 5.82 Å². The van der Waals surface area contributed by atoms with E-state index in [0.717, 1.165) is 10.2 Å². The summed E-state index contributed by atoms with van der Waals surface area (Å²) in [6, 6.07) is 3.50. The summed E-state index contributed by atoms with van der Waals surface area (Å²) in [7, 11) is 1.31. The van der Waals surface area contributed by atoms with Gasteiger partial charge in [-0.25, -0.2) is 9.78 Å². The highest BCUT2D eigenvalue weighted by Crippen LogP contribution is 2.15. The molecule has 0 bridgehead atoms. The second-order valence-corrected chi connectivity index (χ2v) is 3.23. The molecule has 0 atom stereocenters. The largest absolute Gasteiger partial charge is 0.453 e. The van der Waals surface area contributed by atoms with Gasteiger partial charge in [0.15, 0.2) is 0 Å². The number of carbonyl (C=O) groups excluding carboxylic acids is 1. The summed E-state index contributed by atoms with van der Waals surface area (Å²) in [6.07, 6.45) is -0.519. The van der Waals surface area contributed by atoms with Gasteiger partial charge in [0.25, 0.3) is 0 Å². The Labute approximate surface area is 84.4 Å². The van der Waals surface area contributed by atoms with E-state index in [-0.39, 0.29) is 0 Å². The van der Waals surface area contributed by atoms with E-state index >= 15 is 0 Å². The Morgan fingerprint density at radius 2 is 2.31 bits per heavy atom. The average molecular weight is 245 g/mol. The molecule has 0 unspecified atom stereocenters. The van der Waals surface area contributed by atoms with Gasteiger partial charge in [-0.2, -0.15) is 0 Å². The van der Waals surface area contributed by atoms with Crippen molar-refractivity contribution in [3.8, 4) is 0 Å². The Kier molecular flexibility index (Phi) is 3.25. The van der Waals surface area contributed by atoms with Crippen LogP contribution in [0.5, 0.6) is 0 Å². The predicted molar refractivity (Wildman–Crippen MR) is 52.7 cm³/mol. The number of nitrogens with one attached hydrogen (secondary N) is 1. The number of anilines is 1. The lowest BCUT2D eigenvalue weighted by Gasteiger charge is -2.03. The van der Waals surface area contributed by atoms with Crippen molar-refractivity contribution in [2.45, 2.75) is 6.92 Å².